The van der Waals surface area contributed by atoms with E-state index in [2.05, 4.69) is 65.6 Å². The fraction of sp³-hybridized carbons (Fsp3) is 0.130. The molecule has 2 atom stereocenters. The maximum absolute atomic E-state index is 5.39. The minimum absolute atomic E-state index is 0.0304. The predicted molar refractivity (Wildman–Crippen MR) is 119 cm³/mol. The Balaban J connectivity index is 1.52. The molecule has 2 aliphatic rings. The summed E-state index contributed by atoms with van der Waals surface area (Å²) < 4.78 is 10.7. The molecule has 138 valence electrons. The average molecular weight is 404 g/mol. The van der Waals surface area contributed by atoms with E-state index in [-0.39, 0.29) is 12.2 Å². The van der Waals surface area contributed by atoms with Gasteiger partial charge in [-0.3, -0.25) is 0 Å². The van der Waals surface area contributed by atoms with Crippen LogP contribution in [0.5, 0.6) is 0 Å². The van der Waals surface area contributed by atoms with Crippen molar-refractivity contribution in [2.45, 2.75) is 12.2 Å². The van der Waals surface area contributed by atoms with Gasteiger partial charge >= 0.3 is 0 Å². The van der Waals surface area contributed by atoms with Crippen molar-refractivity contribution in [3.05, 3.63) is 89.5 Å². The van der Waals surface area contributed by atoms with E-state index in [0.29, 0.717) is 5.05 Å². The van der Waals surface area contributed by atoms with Crippen molar-refractivity contribution in [2.75, 3.05) is 11.5 Å². The second-order valence-corrected chi connectivity index (χ2v) is 7.50. The smallest absolute Gasteiger partial charge is 0.207 e. The molecular weight excluding hydrogens is 386 g/mol. The topological polar surface area (TPSA) is 28.3 Å². The number of anilines is 3. The summed E-state index contributed by atoms with van der Waals surface area (Å²) in [5.74, 6) is 0. The molecule has 2 saturated heterocycles. The molecule has 3 nitrogen and oxygen atoms in total. The third-order valence-electron chi connectivity index (χ3n) is 4.99. The van der Waals surface area contributed by atoms with E-state index >= 15 is 0 Å². The monoisotopic (exact) mass is 403 g/mol. The van der Waals surface area contributed by atoms with Crippen LogP contribution in [0.2, 0.25) is 0 Å². The Bertz CT molecular complexity index is 1030. The molecule has 0 aromatic heterocycles. The Morgan fingerprint density at radius 1 is 0.786 bits per heavy atom. The van der Waals surface area contributed by atoms with Crippen LogP contribution in [0.4, 0.5) is 17.1 Å². The van der Waals surface area contributed by atoms with Crippen molar-refractivity contribution >= 4 is 51.9 Å². The first-order valence-electron chi connectivity index (χ1n) is 9.10. The van der Waals surface area contributed by atoms with Gasteiger partial charge in [0.05, 0.1) is 6.61 Å². The summed E-state index contributed by atoms with van der Waals surface area (Å²) >= 11 is 10.1. The molecule has 2 heterocycles. The van der Waals surface area contributed by atoms with Crippen LogP contribution in [0.15, 0.2) is 72.8 Å². The highest BCUT2D eigenvalue weighted by Gasteiger charge is 2.34. The van der Waals surface area contributed by atoms with Gasteiger partial charge in [0, 0.05) is 28.0 Å². The first-order valence-corrected chi connectivity index (χ1v) is 9.98. The predicted octanol–water partition coefficient (Wildman–Crippen LogP) is 5.97. The lowest BCUT2D eigenvalue weighted by Gasteiger charge is -2.26. The van der Waals surface area contributed by atoms with Crippen molar-refractivity contribution in [1.29, 1.82) is 0 Å². The van der Waals surface area contributed by atoms with Gasteiger partial charge in [-0.15, -0.1) is 0 Å². The number of hydrogen-bond acceptors (Lipinski definition) is 5. The maximum Gasteiger partial charge on any atom is 0.207 e. The van der Waals surface area contributed by atoms with E-state index in [9.17, 15) is 0 Å². The summed E-state index contributed by atoms with van der Waals surface area (Å²) in [6, 6.07) is 25.1. The van der Waals surface area contributed by atoms with Crippen LogP contribution in [0.1, 0.15) is 28.9 Å². The molecule has 5 rings (SSSR count). The van der Waals surface area contributed by atoms with E-state index < -0.39 is 0 Å². The lowest BCUT2D eigenvalue weighted by molar-refractivity contribution is 0.415. The first-order chi connectivity index (χ1) is 13.7. The highest BCUT2D eigenvalue weighted by atomic mass is 32.1. The van der Waals surface area contributed by atoms with Gasteiger partial charge in [0.2, 0.25) is 5.05 Å². The zero-order valence-corrected chi connectivity index (χ0v) is 16.6. The number of ether oxygens (including phenoxy) is 2. The summed E-state index contributed by atoms with van der Waals surface area (Å²) in [6.07, 6.45) is 0.225. The van der Waals surface area contributed by atoms with Crippen LogP contribution in [0, 0.1) is 0 Å². The van der Waals surface area contributed by atoms with Crippen LogP contribution < -0.4 is 4.90 Å². The Morgan fingerprint density at radius 2 is 1.25 bits per heavy atom. The van der Waals surface area contributed by atoms with Crippen molar-refractivity contribution in [1.82, 2.24) is 0 Å². The largest absolute Gasteiger partial charge is 0.466 e. The van der Waals surface area contributed by atoms with Crippen LogP contribution in [0.25, 0.3) is 0 Å². The summed E-state index contributed by atoms with van der Waals surface area (Å²) in [5.41, 5.74) is 6.56. The maximum atomic E-state index is 5.39. The molecular formula is C23H17NO2S2. The zero-order chi connectivity index (χ0) is 19.1. The molecule has 0 radical (unpaired) electrons. The van der Waals surface area contributed by atoms with Gasteiger partial charge < -0.3 is 14.4 Å². The number of thiocarbonyl (C=S) groups is 2. The molecule has 3 aromatic rings. The van der Waals surface area contributed by atoms with Crippen molar-refractivity contribution in [3.63, 3.8) is 0 Å². The molecule has 28 heavy (non-hydrogen) atoms. The number of rotatable bonds is 6. The van der Waals surface area contributed by atoms with Gasteiger partial charge in [-0.1, -0.05) is 48.6 Å². The summed E-state index contributed by atoms with van der Waals surface area (Å²) in [7, 11) is 0. The highest BCUT2D eigenvalue weighted by molar-refractivity contribution is 7.80. The molecule has 0 saturated carbocycles. The molecule has 3 aromatic carbocycles. The third-order valence-corrected chi connectivity index (χ3v) is 5.57. The van der Waals surface area contributed by atoms with Gasteiger partial charge in [0.15, 0.2) is 6.10 Å². The lowest BCUT2D eigenvalue weighted by Crippen LogP contribution is -2.10. The van der Waals surface area contributed by atoms with Gasteiger partial charge in [-0.05, 0) is 59.7 Å². The molecule has 2 aliphatic heterocycles. The van der Waals surface area contributed by atoms with Crippen molar-refractivity contribution in [3.8, 4) is 0 Å². The first kappa shape index (κ1) is 17.5. The second kappa shape index (κ2) is 7.09. The normalized spacial score (nSPS) is 19.6. The van der Waals surface area contributed by atoms with Crippen LogP contribution >= 0.6 is 24.4 Å². The van der Waals surface area contributed by atoms with Crippen molar-refractivity contribution < 1.29 is 9.47 Å². The molecule has 2 unspecified atom stereocenters. The lowest BCUT2D eigenvalue weighted by atomic mass is 10.1. The minimum atomic E-state index is -0.0304. The fourth-order valence-electron chi connectivity index (χ4n) is 3.31. The molecule has 0 amide bonds. The quantitative estimate of drug-likeness (QED) is 0.373. The van der Waals surface area contributed by atoms with E-state index in [0.717, 1.165) is 34.8 Å². The summed E-state index contributed by atoms with van der Waals surface area (Å²) in [4.78, 5) is 2.22. The Labute approximate surface area is 174 Å². The third kappa shape index (κ3) is 3.44. The van der Waals surface area contributed by atoms with Crippen LogP contribution in [-0.4, -0.2) is 17.0 Å². The molecule has 0 N–H and O–H groups in total. The van der Waals surface area contributed by atoms with Gasteiger partial charge in [0.1, 0.15) is 6.10 Å². The van der Waals surface area contributed by atoms with Gasteiger partial charge in [0.25, 0.3) is 0 Å². The summed E-state index contributed by atoms with van der Waals surface area (Å²) in [6.45, 7) is 0.814. The zero-order valence-electron chi connectivity index (χ0n) is 14.9. The molecule has 5 heteroatoms. The Morgan fingerprint density at radius 3 is 1.68 bits per heavy atom. The van der Waals surface area contributed by atoms with Gasteiger partial charge in [-0.25, -0.2) is 0 Å². The summed E-state index contributed by atoms with van der Waals surface area (Å²) in [5, 5.41) is 2.35. The number of nitrogens with zero attached hydrogens (tertiary/aromatic N) is 1. The van der Waals surface area contributed by atoms with Crippen molar-refractivity contribution in [2.24, 2.45) is 0 Å². The number of epoxide rings is 2. The Kier molecular flexibility index (Phi) is 4.43. The van der Waals surface area contributed by atoms with E-state index in [1.54, 1.807) is 5.37 Å². The van der Waals surface area contributed by atoms with E-state index in [1.807, 2.05) is 12.1 Å². The Hall–Kier alpha value is -2.60. The fourth-order valence-corrected chi connectivity index (χ4v) is 3.70. The SMILES string of the molecule is S=Cc1ccc(N(c2ccc(C3CO3)cc2)c2ccc(C3OC3=S)cc2)cc1. The second-order valence-electron chi connectivity index (χ2n) is 6.87. The van der Waals surface area contributed by atoms with E-state index in [4.69, 9.17) is 33.9 Å². The number of benzene rings is 3. The standard InChI is InChI=1S/C23H17NO2S2/c27-14-15-1-7-18(8-2-15)24(19-9-3-16(4-10-19)21-13-25-21)20-11-5-17(6-12-20)22-23(28)26-22/h1-12,14,21-22H,13H2. The molecule has 0 spiro atoms. The molecule has 2 fully saturated rings. The molecule has 0 bridgehead atoms. The highest BCUT2D eigenvalue weighted by Crippen LogP contribution is 2.39. The van der Waals surface area contributed by atoms with E-state index in [1.165, 1.54) is 5.56 Å². The minimum Gasteiger partial charge on any atom is -0.466 e. The van der Waals surface area contributed by atoms with Crippen LogP contribution in [0.3, 0.4) is 0 Å². The molecule has 0 aliphatic carbocycles. The average Bonchev–Trinajstić information content (AvgIpc) is 3.67. The van der Waals surface area contributed by atoms with Crippen LogP contribution in [-0.2, 0) is 9.47 Å². The van der Waals surface area contributed by atoms with Gasteiger partial charge in [-0.2, -0.15) is 0 Å². The number of hydrogen-bond donors (Lipinski definition) is 0.